The number of hydrogen-bond acceptors (Lipinski definition) is 3. The first-order valence-electron chi connectivity index (χ1n) is 8.27. The molecule has 0 amide bonds. The molecule has 0 unspecified atom stereocenters. The number of anilines is 1. The van der Waals surface area contributed by atoms with Crippen molar-refractivity contribution in [3.05, 3.63) is 71.9 Å². The summed E-state index contributed by atoms with van der Waals surface area (Å²) in [5, 5.41) is 0. The molecule has 2 aromatic rings. The highest BCUT2D eigenvalue weighted by Crippen LogP contribution is 2.33. The third-order valence-electron chi connectivity index (χ3n) is 4.83. The lowest BCUT2D eigenvalue weighted by molar-refractivity contribution is -0.137. The predicted molar refractivity (Wildman–Crippen MR) is 90.2 cm³/mol. The largest absolute Gasteiger partial charge is 0.416 e. The van der Waals surface area contributed by atoms with Crippen LogP contribution in [0.15, 0.2) is 60.8 Å². The van der Waals surface area contributed by atoms with Crippen molar-refractivity contribution < 1.29 is 13.2 Å². The maximum Gasteiger partial charge on any atom is 0.416 e. The Hall–Kier alpha value is -2.34. The van der Waals surface area contributed by atoms with Crippen molar-refractivity contribution >= 4 is 5.82 Å². The standard InChI is InChI=1S/C19H18F3N3/c20-19(21,22)15-8-9-23-18(10-15)25-13-16-6-7-17(25)12-24(16)11-14-4-2-1-3-5-14/h1-10,16-17H,11-13H2/t16-,17-/m1/s1. The molecule has 0 N–H and O–H groups in total. The lowest BCUT2D eigenvalue weighted by Crippen LogP contribution is -2.60. The third kappa shape index (κ3) is 3.26. The molecule has 0 spiro atoms. The minimum Gasteiger partial charge on any atom is -0.347 e. The van der Waals surface area contributed by atoms with Crippen LogP contribution >= 0.6 is 0 Å². The minimum absolute atomic E-state index is 0.0460. The van der Waals surface area contributed by atoms with Crippen molar-refractivity contribution in [3.8, 4) is 0 Å². The second-order valence-electron chi connectivity index (χ2n) is 6.49. The highest BCUT2D eigenvalue weighted by atomic mass is 19.4. The van der Waals surface area contributed by atoms with Crippen molar-refractivity contribution in [2.24, 2.45) is 0 Å². The van der Waals surface area contributed by atoms with Gasteiger partial charge in [-0.1, -0.05) is 42.5 Å². The van der Waals surface area contributed by atoms with Crippen LogP contribution in [0.1, 0.15) is 11.1 Å². The van der Waals surface area contributed by atoms with Gasteiger partial charge < -0.3 is 4.90 Å². The fourth-order valence-electron chi connectivity index (χ4n) is 3.55. The Morgan fingerprint density at radius 3 is 2.44 bits per heavy atom. The second kappa shape index (κ2) is 6.19. The van der Waals surface area contributed by atoms with Crippen molar-refractivity contribution in [1.82, 2.24) is 9.88 Å². The van der Waals surface area contributed by atoms with Gasteiger partial charge >= 0.3 is 6.18 Å². The maximum atomic E-state index is 13.0. The van der Waals surface area contributed by atoms with Crippen LogP contribution in [0.3, 0.4) is 0 Å². The van der Waals surface area contributed by atoms with Crippen LogP contribution in [0, 0.1) is 0 Å². The highest BCUT2D eigenvalue weighted by Gasteiger charge is 2.37. The average Bonchev–Trinajstić information content (AvgIpc) is 2.62. The van der Waals surface area contributed by atoms with E-state index in [1.165, 1.54) is 11.8 Å². The molecule has 1 aromatic carbocycles. The number of halogens is 3. The van der Waals surface area contributed by atoms with Crippen molar-refractivity contribution in [1.29, 1.82) is 0 Å². The fourth-order valence-corrected chi connectivity index (χ4v) is 3.55. The zero-order valence-electron chi connectivity index (χ0n) is 13.5. The Morgan fingerprint density at radius 1 is 1.00 bits per heavy atom. The Bertz CT molecular complexity index is 773. The molecular formula is C19H18F3N3. The van der Waals surface area contributed by atoms with Gasteiger partial charge in [0.15, 0.2) is 0 Å². The van der Waals surface area contributed by atoms with Crippen molar-refractivity contribution in [2.75, 3.05) is 18.0 Å². The van der Waals surface area contributed by atoms with E-state index in [0.717, 1.165) is 25.2 Å². The van der Waals surface area contributed by atoms with Crippen molar-refractivity contribution in [2.45, 2.75) is 24.8 Å². The molecule has 0 aliphatic carbocycles. The minimum atomic E-state index is -4.35. The van der Waals surface area contributed by atoms with E-state index in [1.807, 2.05) is 23.1 Å². The third-order valence-corrected chi connectivity index (χ3v) is 4.83. The van der Waals surface area contributed by atoms with Crippen LogP contribution in [0.25, 0.3) is 0 Å². The van der Waals surface area contributed by atoms with Gasteiger partial charge in [0.1, 0.15) is 5.82 Å². The molecule has 1 saturated heterocycles. The first kappa shape index (κ1) is 16.1. The highest BCUT2D eigenvalue weighted by molar-refractivity contribution is 5.47. The molecule has 1 aromatic heterocycles. The molecule has 2 bridgehead atoms. The average molecular weight is 345 g/mol. The number of piperazine rings is 1. The molecule has 0 radical (unpaired) electrons. The zero-order valence-corrected chi connectivity index (χ0v) is 13.5. The van der Waals surface area contributed by atoms with E-state index in [4.69, 9.17) is 0 Å². The Labute approximate surface area is 144 Å². The Morgan fingerprint density at radius 2 is 1.76 bits per heavy atom. The molecule has 3 nitrogen and oxygen atoms in total. The van der Waals surface area contributed by atoms with Gasteiger partial charge in [0.25, 0.3) is 0 Å². The Balaban J connectivity index is 1.52. The summed E-state index contributed by atoms with van der Waals surface area (Å²) in [7, 11) is 0. The van der Waals surface area contributed by atoms with E-state index in [-0.39, 0.29) is 12.1 Å². The van der Waals surface area contributed by atoms with Gasteiger partial charge in [-0.05, 0) is 17.7 Å². The molecule has 3 aliphatic rings. The second-order valence-corrected chi connectivity index (χ2v) is 6.49. The van der Waals surface area contributed by atoms with Crippen LogP contribution in [0.4, 0.5) is 19.0 Å². The quantitative estimate of drug-likeness (QED) is 0.790. The summed E-state index contributed by atoms with van der Waals surface area (Å²) in [5.41, 5.74) is 0.594. The van der Waals surface area contributed by atoms with Gasteiger partial charge in [-0.25, -0.2) is 4.98 Å². The number of alkyl halides is 3. The number of hydrogen-bond donors (Lipinski definition) is 0. The monoisotopic (exact) mass is 345 g/mol. The van der Waals surface area contributed by atoms with Gasteiger partial charge in [0.2, 0.25) is 0 Å². The molecule has 2 atom stereocenters. The van der Waals surface area contributed by atoms with Crippen LogP contribution in [-0.2, 0) is 12.7 Å². The van der Waals surface area contributed by atoms with Crippen LogP contribution in [-0.4, -0.2) is 35.1 Å². The van der Waals surface area contributed by atoms with Gasteiger partial charge in [-0.3, -0.25) is 4.90 Å². The summed E-state index contributed by atoms with van der Waals surface area (Å²) < 4.78 is 38.9. The number of benzene rings is 1. The first-order valence-corrected chi connectivity index (χ1v) is 8.27. The summed E-state index contributed by atoms with van der Waals surface area (Å²) >= 11 is 0. The molecule has 6 heteroatoms. The Kier molecular flexibility index (Phi) is 4.00. The summed E-state index contributed by atoms with van der Waals surface area (Å²) in [6, 6.07) is 12.6. The van der Waals surface area contributed by atoms with Gasteiger partial charge in [0, 0.05) is 31.9 Å². The smallest absolute Gasteiger partial charge is 0.347 e. The normalized spacial score (nSPS) is 23.2. The summed E-state index contributed by atoms with van der Waals surface area (Å²) in [4.78, 5) is 8.52. The summed E-state index contributed by atoms with van der Waals surface area (Å²) in [5.74, 6) is 0.397. The predicted octanol–water partition coefficient (Wildman–Crippen LogP) is 3.73. The van der Waals surface area contributed by atoms with Gasteiger partial charge in [0.05, 0.1) is 11.6 Å². The summed E-state index contributed by atoms with van der Waals surface area (Å²) in [6.07, 6.45) is 1.13. The van der Waals surface area contributed by atoms with Crippen LogP contribution < -0.4 is 4.90 Å². The van der Waals surface area contributed by atoms with Crippen LogP contribution in [0.2, 0.25) is 0 Å². The fraction of sp³-hybridized carbons (Fsp3) is 0.316. The number of fused-ring (bicyclic) bond motifs is 2. The van der Waals surface area contributed by atoms with E-state index in [9.17, 15) is 13.2 Å². The summed E-state index contributed by atoms with van der Waals surface area (Å²) in [6.45, 7) is 2.28. The molecule has 1 fully saturated rings. The van der Waals surface area contributed by atoms with E-state index >= 15 is 0 Å². The lowest BCUT2D eigenvalue weighted by atomic mass is 9.97. The number of rotatable bonds is 3. The SMILES string of the molecule is FC(F)(F)c1ccnc(N2C[C@H]3C=C[C@@H]2CN3Cc2ccccc2)c1. The van der Waals surface area contributed by atoms with E-state index in [1.54, 1.807) is 0 Å². The lowest BCUT2D eigenvalue weighted by Gasteiger charge is -2.48. The number of aromatic nitrogens is 1. The van der Waals surface area contributed by atoms with E-state index in [2.05, 4.69) is 34.2 Å². The van der Waals surface area contributed by atoms with Crippen LogP contribution in [0.5, 0.6) is 0 Å². The first-order chi connectivity index (χ1) is 12.0. The zero-order chi connectivity index (χ0) is 17.4. The van der Waals surface area contributed by atoms with Crippen molar-refractivity contribution in [3.63, 3.8) is 0 Å². The molecule has 0 saturated carbocycles. The molecule has 5 rings (SSSR count). The molecule has 25 heavy (non-hydrogen) atoms. The molecule has 3 aliphatic heterocycles. The maximum absolute atomic E-state index is 13.0. The molecular weight excluding hydrogens is 327 g/mol. The van der Waals surface area contributed by atoms with E-state index in [0.29, 0.717) is 12.4 Å². The van der Waals surface area contributed by atoms with Gasteiger partial charge in [-0.2, -0.15) is 13.2 Å². The topological polar surface area (TPSA) is 19.4 Å². The number of nitrogens with zero attached hydrogens (tertiary/aromatic N) is 3. The molecule has 4 heterocycles. The molecule has 130 valence electrons. The van der Waals surface area contributed by atoms with E-state index < -0.39 is 11.7 Å². The number of pyridine rings is 1. The van der Waals surface area contributed by atoms with Gasteiger partial charge in [-0.15, -0.1) is 0 Å².